The van der Waals surface area contributed by atoms with Crippen LogP contribution < -0.4 is 5.73 Å². The molecule has 1 saturated carbocycles. The Morgan fingerprint density at radius 1 is 1.21 bits per heavy atom. The molecular formula is C12H26N2. The van der Waals surface area contributed by atoms with E-state index in [1.165, 1.54) is 38.6 Å². The quantitative estimate of drug-likeness (QED) is 0.709. The van der Waals surface area contributed by atoms with Crippen LogP contribution in [0.25, 0.3) is 0 Å². The minimum absolute atomic E-state index is 0.814. The average molecular weight is 198 g/mol. The van der Waals surface area contributed by atoms with Crippen molar-refractivity contribution in [1.29, 1.82) is 0 Å². The Morgan fingerprint density at radius 2 is 1.86 bits per heavy atom. The molecule has 0 aromatic heterocycles. The Morgan fingerprint density at radius 3 is 2.36 bits per heavy atom. The molecule has 0 bridgehead atoms. The van der Waals surface area contributed by atoms with Crippen molar-refractivity contribution in [2.24, 2.45) is 11.7 Å². The van der Waals surface area contributed by atoms with Gasteiger partial charge in [-0.15, -0.1) is 0 Å². The summed E-state index contributed by atoms with van der Waals surface area (Å²) in [6, 6.07) is 0.845. The summed E-state index contributed by atoms with van der Waals surface area (Å²) in [6.45, 7) is 7.76. The molecule has 2 nitrogen and oxygen atoms in total. The Bertz CT molecular complexity index is 139. The van der Waals surface area contributed by atoms with Gasteiger partial charge in [-0.1, -0.05) is 26.7 Å². The van der Waals surface area contributed by atoms with Gasteiger partial charge in [0.2, 0.25) is 0 Å². The summed E-state index contributed by atoms with van der Waals surface area (Å²) in [5.74, 6) is 0.816. The van der Waals surface area contributed by atoms with E-state index in [1.54, 1.807) is 0 Å². The second-order valence-electron chi connectivity index (χ2n) is 4.95. The van der Waals surface area contributed by atoms with Crippen LogP contribution in [0, 0.1) is 5.92 Å². The van der Waals surface area contributed by atoms with E-state index in [-0.39, 0.29) is 0 Å². The van der Waals surface area contributed by atoms with Gasteiger partial charge in [-0.25, -0.2) is 0 Å². The van der Waals surface area contributed by atoms with E-state index in [9.17, 15) is 0 Å². The zero-order chi connectivity index (χ0) is 10.4. The fraction of sp³-hybridized carbons (Fsp3) is 1.00. The van der Waals surface area contributed by atoms with E-state index in [4.69, 9.17) is 5.73 Å². The standard InChI is InChI=1S/C12H26N2/c1-11(2)7-9-14(10-8-13)12-5-3-4-6-12/h11-12H,3-10,13H2,1-2H3. The summed E-state index contributed by atoms with van der Waals surface area (Å²) in [5.41, 5.74) is 5.66. The van der Waals surface area contributed by atoms with Crippen LogP contribution in [0.15, 0.2) is 0 Å². The van der Waals surface area contributed by atoms with Gasteiger partial charge in [-0.2, -0.15) is 0 Å². The topological polar surface area (TPSA) is 29.3 Å². The van der Waals surface area contributed by atoms with Crippen LogP contribution in [0.2, 0.25) is 0 Å². The van der Waals surface area contributed by atoms with E-state index in [2.05, 4.69) is 18.7 Å². The SMILES string of the molecule is CC(C)CCN(CCN)C1CCCC1. The molecule has 1 rings (SSSR count). The monoisotopic (exact) mass is 198 g/mol. The maximum absolute atomic E-state index is 5.66. The van der Waals surface area contributed by atoms with Crippen LogP contribution in [0.3, 0.4) is 0 Å². The maximum Gasteiger partial charge on any atom is 0.0108 e. The van der Waals surface area contributed by atoms with E-state index < -0.39 is 0 Å². The van der Waals surface area contributed by atoms with Crippen LogP contribution in [0.4, 0.5) is 0 Å². The number of nitrogens with zero attached hydrogens (tertiary/aromatic N) is 1. The van der Waals surface area contributed by atoms with Gasteiger partial charge >= 0.3 is 0 Å². The maximum atomic E-state index is 5.66. The molecule has 84 valence electrons. The molecule has 0 heterocycles. The highest BCUT2D eigenvalue weighted by atomic mass is 15.2. The molecule has 2 N–H and O–H groups in total. The molecule has 0 aromatic carbocycles. The van der Waals surface area contributed by atoms with E-state index >= 15 is 0 Å². The zero-order valence-electron chi connectivity index (χ0n) is 9.84. The highest BCUT2D eigenvalue weighted by molar-refractivity contribution is 4.77. The summed E-state index contributed by atoms with van der Waals surface area (Å²) in [7, 11) is 0. The summed E-state index contributed by atoms with van der Waals surface area (Å²) in [4.78, 5) is 2.62. The predicted molar refractivity (Wildman–Crippen MR) is 62.3 cm³/mol. The Balaban J connectivity index is 2.29. The normalized spacial score (nSPS) is 18.6. The first kappa shape index (κ1) is 12.0. The zero-order valence-corrected chi connectivity index (χ0v) is 9.84. The third-order valence-electron chi connectivity index (χ3n) is 3.25. The fourth-order valence-electron chi connectivity index (χ4n) is 2.34. The number of nitrogens with two attached hydrogens (primary N) is 1. The lowest BCUT2D eigenvalue weighted by Gasteiger charge is -2.28. The van der Waals surface area contributed by atoms with Crippen LogP contribution in [-0.2, 0) is 0 Å². The van der Waals surface area contributed by atoms with E-state index in [0.29, 0.717) is 0 Å². The second kappa shape index (κ2) is 6.41. The predicted octanol–water partition coefficient (Wildman–Crippen LogP) is 2.24. The van der Waals surface area contributed by atoms with Crippen LogP contribution in [0.5, 0.6) is 0 Å². The third-order valence-corrected chi connectivity index (χ3v) is 3.25. The van der Waals surface area contributed by atoms with Crippen LogP contribution >= 0.6 is 0 Å². The average Bonchev–Trinajstić information content (AvgIpc) is 2.64. The summed E-state index contributed by atoms with van der Waals surface area (Å²) in [6.07, 6.45) is 6.97. The van der Waals surface area contributed by atoms with Gasteiger partial charge < -0.3 is 5.73 Å². The molecule has 0 unspecified atom stereocenters. The molecular weight excluding hydrogens is 172 g/mol. The van der Waals surface area contributed by atoms with Crippen molar-refractivity contribution in [1.82, 2.24) is 4.90 Å². The van der Waals surface area contributed by atoms with Gasteiger partial charge in [0, 0.05) is 19.1 Å². The van der Waals surface area contributed by atoms with Crippen molar-refractivity contribution < 1.29 is 0 Å². The van der Waals surface area contributed by atoms with Crippen LogP contribution in [-0.4, -0.2) is 30.6 Å². The Hall–Kier alpha value is -0.0800. The van der Waals surface area contributed by atoms with Crippen molar-refractivity contribution in [3.05, 3.63) is 0 Å². The molecule has 2 heteroatoms. The molecule has 1 fully saturated rings. The molecule has 1 aliphatic rings. The van der Waals surface area contributed by atoms with Crippen molar-refractivity contribution >= 4 is 0 Å². The van der Waals surface area contributed by atoms with Crippen molar-refractivity contribution in [2.75, 3.05) is 19.6 Å². The lowest BCUT2D eigenvalue weighted by molar-refractivity contribution is 0.193. The summed E-state index contributed by atoms with van der Waals surface area (Å²) in [5, 5.41) is 0. The third kappa shape index (κ3) is 3.97. The van der Waals surface area contributed by atoms with E-state index in [1.807, 2.05) is 0 Å². The summed E-state index contributed by atoms with van der Waals surface area (Å²) < 4.78 is 0. The first-order valence-electron chi connectivity index (χ1n) is 6.18. The number of hydrogen-bond donors (Lipinski definition) is 1. The minimum Gasteiger partial charge on any atom is -0.329 e. The first-order valence-corrected chi connectivity index (χ1v) is 6.18. The molecule has 1 aliphatic carbocycles. The smallest absolute Gasteiger partial charge is 0.0108 e. The van der Waals surface area contributed by atoms with Gasteiger partial charge in [0.25, 0.3) is 0 Å². The highest BCUT2D eigenvalue weighted by Crippen LogP contribution is 2.23. The van der Waals surface area contributed by atoms with Gasteiger partial charge in [-0.05, 0) is 31.7 Å². The molecule has 0 atom stereocenters. The van der Waals surface area contributed by atoms with Gasteiger partial charge in [0.1, 0.15) is 0 Å². The number of rotatable bonds is 6. The van der Waals surface area contributed by atoms with E-state index in [0.717, 1.165) is 25.0 Å². The Labute approximate surface area is 88.8 Å². The molecule has 0 aliphatic heterocycles. The highest BCUT2D eigenvalue weighted by Gasteiger charge is 2.21. The fourth-order valence-corrected chi connectivity index (χ4v) is 2.34. The molecule has 0 spiro atoms. The molecule has 0 radical (unpaired) electrons. The Kier molecular flexibility index (Phi) is 5.49. The number of hydrogen-bond acceptors (Lipinski definition) is 2. The molecule has 14 heavy (non-hydrogen) atoms. The van der Waals surface area contributed by atoms with Gasteiger partial charge in [0.15, 0.2) is 0 Å². The van der Waals surface area contributed by atoms with Crippen molar-refractivity contribution in [3.8, 4) is 0 Å². The molecule has 0 aromatic rings. The lowest BCUT2D eigenvalue weighted by atomic mass is 10.1. The minimum atomic E-state index is 0.814. The van der Waals surface area contributed by atoms with Crippen molar-refractivity contribution in [3.63, 3.8) is 0 Å². The summed E-state index contributed by atoms with van der Waals surface area (Å²) >= 11 is 0. The van der Waals surface area contributed by atoms with Gasteiger partial charge in [-0.3, -0.25) is 4.90 Å². The molecule has 0 saturated heterocycles. The van der Waals surface area contributed by atoms with Gasteiger partial charge in [0.05, 0.1) is 0 Å². The molecule has 0 amide bonds. The van der Waals surface area contributed by atoms with Crippen LogP contribution in [0.1, 0.15) is 46.0 Å². The van der Waals surface area contributed by atoms with Crippen molar-refractivity contribution in [2.45, 2.75) is 52.0 Å². The largest absolute Gasteiger partial charge is 0.329 e. The first-order chi connectivity index (χ1) is 6.74. The second-order valence-corrected chi connectivity index (χ2v) is 4.95. The lowest BCUT2D eigenvalue weighted by Crippen LogP contribution is -2.38.